The minimum atomic E-state index is -4.58. The number of aromatic nitrogens is 1. The van der Waals surface area contributed by atoms with E-state index in [9.17, 15) is 22.8 Å². The first-order chi connectivity index (χ1) is 11.3. The summed E-state index contributed by atoms with van der Waals surface area (Å²) in [5.41, 5.74) is 2.45. The lowest BCUT2D eigenvalue weighted by Crippen LogP contribution is -3.00. The average Bonchev–Trinajstić information content (AvgIpc) is 2.96. The molecule has 0 aliphatic rings. The molecule has 0 spiro atoms. The number of nitrogens with one attached hydrogen (secondary N) is 1. The van der Waals surface area contributed by atoms with Gasteiger partial charge in [0.05, 0.1) is 18.5 Å². The second-order valence-electron chi connectivity index (χ2n) is 4.56. The van der Waals surface area contributed by atoms with Crippen LogP contribution in [0.3, 0.4) is 0 Å². The van der Waals surface area contributed by atoms with Crippen LogP contribution in [0.5, 0.6) is 5.75 Å². The number of benzene rings is 1. The third kappa shape index (κ3) is 5.69. The molecule has 2 aromatic rings. The fraction of sp³-hybridized carbons (Fsp3) is 0.214. The number of carbonyl (C=O) groups is 2. The van der Waals surface area contributed by atoms with Crippen LogP contribution in [0.2, 0.25) is 0 Å². The standard InChI is InChI=1S/C14H12F3N3O3S.ClH/c15-14(16,17)10-7-24-13(19-10)20-12(22)8-3-1-2-4-9(8)23-11(21)5-6-18;/h1-4,7H,5-6,18H2,(H,19,20,22);1H. The van der Waals surface area contributed by atoms with Gasteiger partial charge in [-0.25, -0.2) is 4.98 Å². The molecule has 0 radical (unpaired) electrons. The van der Waals surface area contributed by atoms with Gasteiger partial charge in [0, 0.05) is 5.38 Å². The normalized spacial score (nSPS) is 10.7. The second kappa shape index (κ2) is 8.79. The molecule has 11 heteroatoms. The van der Waals surface area contributed by atoms with Crippen molar-refractivity contribution < 1.29 is 45.6 Å². The molecule has 6 nitrogen and oxygen atoms in total. The summed E-state index contributed by atoms with van der Waals surface area (Å²) in [6.45, 7) is 0.340. The van der Waals surface area contributed by atoms with Crippen LogP contribution in [0.15, 0.2) is 29.6 Å². The Morgan fingerprint density at radius 2 is 1.96 bits per heavy atom. The molecule has 1 aromatic heterocycles. The van der Waals surface area contributed by atoms with E-state index in [2.05, 4.69) is 16.0 Å². The first-order valence-electron chi connectivity index (χ1n) is 6.74. The molecule has 1 heterocycles. The number of esters is 1. The molecule has 1 amide bonds. The number of quaternary nitrogens is 1. The number of hydrogen-bond donors (Lipinski definition) is 2. The lowest BCUT2D eigenvalue weighted by Gasteiger charge is -2.09. The fourth-order valence-corrected chi connectivity index (χ4v) is 2.40. The predicted molar refractivity (Wildman–Crippen MR) is 79.5 cm³/mol. The van der Waals surface area contributed by atoms with Gasteiger partial charge in [-0.1, -0.05) is 12.1 Å². The topological polar surface area (TPSA) is 95.9 Å². The highest BCUT2D eigenvalue weighted by molar-refractivity contribution is 7.14. The van der Waals surface area contributed by atoms with Crippen LogP contribution in [0.25, 0.3) is 0 Å². The highest BCUT2D eigenvalue weighted by Crippen LogP contribution is 2.32. The van der Waals surface area contributed by atoms with Crippen molar-refractivity contribution in [3.63, 3.8) is 0 Å². The molecule has 2 rings (SSSR count). The molecule has 136 valence electrons. The molecular weight excluding hydrogens is 383 g/mol. The Balaban J connectivity index is 0.00000312. The number of alkyl halides is 3. The predicted octanol–water partition coefficient (Wildman–Crippen LogP) is -1.04. The maximum absolute atomic E-state index is 12.5. The minimum absolute atomic E-state index is 0. The number of amides is 1. The van der Waals surface area contributed by atoms with Gasteiger partial charge in [-0.15, -0.1) is 11.3 Å². The summed E-state index contributed by atoms with van der Waals surface area (Å²) in [6, 6.07) is 5.91. The number of nitrogens with zero attached hydrogens (tertiary/aromatic N) is 1. The molecule has 0 unspecified atom stereocenters. The van der Waals surface area contributed by atoms with Crippen LogP contribution in [0.1, 0.15) is 22.5 Å². The van der Waals surface area contributed by atoms with Gasteiger partial charge < -0.3 is 22.9 Å². The Bertz CT molecular complexity index is 752. The van der Waals surface area contributed by atoms with Gasteiger partial charge in [0.2, 0.25) is 0 Å². The first kappa shape index (κ1) is 20.9. The third-order valence-corrected chi connectivity index (χ3v) is 3.51. The Morgan fingerprint density at radius 3 is 2.56 bits per heavy atom. The van der Waals surface area contributed by atoms with E-state index in [4.69, 9.17) is 4.74 Å². The Labute approximate surface area is 150 Å². The number of anilines is 1. The molecule has 0 atom stereocenters. The monoisotopic (exact) mass is 395 g/mol. The number of carbonyl (C=O) groups excluding carboxylic acids is 2. The van der Waals surface area contributed by atoms with Gasteiger partial charge in [-0.3, -0.25) is 14.9 Å². The van der Waals surface area contributed by atoms with Gasteiger partial charge in [0.15, 0.2) is 10.8 Å². The van der Waals surface area contributed by atoms with Gasteiger partial charge >= 0.3 is 12.1 Å². The molecular formula is C14H13ClF3N3O3S. The molecule has 1 aromatic carbocycles. The molecule has 0 fully saturated rings. The Hall–Kier alpha value is -2.17. The van der Waals surface area contributed by atoms with E-state index in [0.717, 1.165) is 5.38 Å². The Kier molecular flexibility index (Phi) is 7.34. The van der Waals surface area contributed by atoms with E-state index < -0.39 is 23.7 Å². The number of ether oxygens (including phenoxy) is 1. The number of rotatable bonds is 5. The third-order valence-electron chi connectivity index (χ3n) is 2.75. The first-order valence-corrected chi connectivity index (χ1v) is 7.62. The summed E-state index contributed by atoms with van der Waals surface area (Å²) in [5.74, 6) is -1.27. The van der Waals surface area contributed by atoms with Crippen molar-refractivity contribution in [3.8, 4) is 5.75 Å². The maximum atomic E-state index is 12.5. The van der Waals surface area contributed by atoms with Gasteiger partial charge in [0.25, 0.3) is 5.91 Å². The quantitative estimate of drug-likeness (QED) is 0.499. The van der Waals surface area contributed by atoms with Crippen molar-refractivity contribution in [3.05, 3.63) is 40.9 Å². The van der Waals surface area contributed by atoms with Crippen LogP contribution in [0.4, 0.5) is 18.3 Å². The number of para-hydroxylation sites is 1. The summed E-state index contributed by atoms with van der Waals surface area (Å²) in [7, 11) is 0. The molecule has 0 bridgehead atoms. The molecule has 0 aliphatic carbocycles. The van der Waals surface area contributed by atoms with E-state index in [-0.39, 0.29) is 35.3 Å². The van der Waals surface area contributed by atoms with Gasteiger partial charge in [0.1, 0.15) is 5.75 Å². The van der Waals surface area contributed by atoms with Gasteiger partial charge in [-0.05, 0) is 12.1 Å². The fourth-order valence-electron chi connectivity index (χ4n) is 1.69. The van der Waals surface area contributed by atoms with E-state index in [0.29, 0.717) is 17.9 Å². The second-order valence-corrected chi connectivity index (χ2v) is 5.42. The van der Waals surface area contributed by atoms with E-state index >= 15 is 0 Å². The molecule has 0 aliphatic heterocycles. The maximum Gasteiger partial charge on any atom is 0.434 e. The van der Waals surface area contributed by atoms with Crippen LogP contribution in [0, 0.1) is 0 Å². The largest absolute Gasteiger partial charge is 1.00 e. The van der Waals surface area contributed by atoms with E-state index in [1.807, 2.05) is 0 Å². The lowest BCUT2D eigenvalue weighted by molar-refractivity contribution is -0.366. The van der Waals surface area contributed by atoms with Crippen molar-refractivity contribution in [2.45, 2.75) is 12.6 Å². The zero-order valence-electron chi connectivity index (χ0n) is 12.6. The smallest absolute Gasteiger partial charge is 0.434 e. The summed E-state index contributed by atoms with van der Waals surface area (Å²) in [4.78, 5) is 27.0. The van der Waals surface area contributed by atoms with E-state index in [1.54, 1.807) is 6.07 Å². The van der Waals surface area contributed by atoms with Crippen molar-refractivity contribution >= 4 is 28.3 Å². The van der Waals surface area contributed by atoms with Crippen molar-refractivity contribution in [2.24, 2.45) is 0 Å². The number of thiazole rings is 1. The zero-order chi connectivity index (χ0) is 17.7. The number of halogens is 4. The zero-order valence-corrected chi connectivity index (χ0v) is 14.2. The van der Waals surface area contributed by atoms with Crippen molar-refractivity contribution in [1.29, 1.82) is 0 Å². The summed E-state index contributed by atoms with van der Waals surface area (Å²) >= 11 is 0.648. The SMILES string of the molecule is [Cl-].[NH3+]CCC(=O)Oc1ccccc1C(=O)Nc1nc(C(F)(F)F)cs1. The van der Waals surface area contributed by atoms with Crippen LogP contribution in [-0.2, 0) is 11.0 Å². The molecule has 0 saturated carbocycles. The highest BCUT2D eigenvalue weighted by Gasteiger charge is 2.34. The van der Waals surface area contributed by atoms with Crippen LogP contribution < -0.4 is 28.2 Å². The molecule has 0 saturated heterocycles. The summed E-state index contributed by atoms with van der Waals surface area (Å²) in [6.07, 6.45) is -4.50. The highest BCUT2D eigenvalue weighted by atomic mass is 35.5. The summed E-state index contributed by atoms with van der Waals surface area (Å²) in [5, 5.41) is 2.86. The Morgan fingerprint density at radius 1 is 1.28 bits per heavy atom. The summed E-state index contributed by atoms with van der Waals surface area (Å²) < 4.78 is 42.6. The van der Waals surface area contributed by atoms with Gasteiger partial charge in [-0.2, -0.15) is 13.2 Å². The van der Waals surface area contributed by atoms with Crippen molar-refractivity contribution in [2.75, 3.05) is 11.9 Å². The lowest BCUT2D eigenvalue weighted by atomic mass is 10.2. The molecule has 4 N–H and O–H groups in total. The van der Waals surface area contributed by atoms with Crippen molar-refractivity contribution in [1.82, 2.24) is 4.98 Å². The average molecular weight is 396 g/mol. The van der Waals surface area contributed by atoms with E-state index in [1.165, 1.54) is 18.2 Å². The van der Waals surface area contributed by atoms with Crippen LogP contribution >= 0.6 is 11.3 Å². The minimum Gasteiger partial charge on any atom is -1.00 e. The molecule has 25 heavy (non-hydrogen) atoms. The van der Waals surface area contributed by atoms with Crippen LogP contribution in [-0.4, -0.2) is 23.4 Å². The number of hydrogen-bond acceptors (Lipinski definition) is 5.